The molecule has 0 amide bonds. The molecule has 3 heteroatoms. The van der Waals surface area contributed by atoms with Crippen molar-refractivity contribution < 1.29 is 17.1 Å². The van der Waals surface area contributed by atoms with Crippen LogP contribution in [0.15, 0.2) is 121 Å². The Labute approximate surface area is 297 Å². The van der Waals surface area contributed by atoms with Crippen LogP contribution in [0.4, 0.5) is 0 Å². The van der Waals surface area contributed by atoms with Crippen LogP contribution >= 0.6 is 15.8 Å². The smallest absolute Gasteiger partial charge is 0 e. The monoisotopic (exact) mass is 694 g/mol. The van der Waals surface area contributed by atoms with Crippen molar-refractivity contribution in [2.75, 3.05) is 6.16 Å². The van der Waals surface area contributed by atoms with E-state index in [4.69, 9.17) is 0 Å². The second kappa shape index (κ2) is 16.9. The molecular weight excluding hydrogens is 646 g/mol. The van der Waals surface area contributed by atoms with Gasteiger partial charge in [-0.15, -0.1) is 0 Å². The predicted octanol–water partition coefficient (Wildman–Crippen LogP) is 9.71. The van der Waals surface area contributed by atoms with Crippen LogP contribution in [0.3, 0.4) is 0 Å². The summed E-state index contributed by atoms with van der Waals surface area (Å²) in [6.07, 6.45) is 2.36. The summed E-state index contributed by atoms with van der Waals surface area (Å²) in [5, 5.41) is 7.36. The Morgan fingerprint density at radius 2 is 0.787 bits per heavy atom. The van der Waals surface area contributed by atoms with E-state index in [-0.39, 0.29) is 25.0 Å². The molecule has 6 rings (SSSR count). The Morgan fingerprint density at radius 1 is 0.468 bits per heavy atom. The molecule has 0 aliphatic heterocycles. The van der Waals surface area contributed by atoms with Gasteiger partial charge >= 0.3 is 0 Å². The average Bonchev–Trinajstić information content (AvgIpc) is 3.67. The Balaban J connectivity index is 0.000000209. The molecule has 0 saturated carbocycles. The van der Waals surface area contributed by atoms with Crippen LogP contribution in [0.5, 0.6) is 0 Å². The third-order valence-electron chi connectivity index (χ3n) is 8.22. The topological polar surface area (TPSA) is 0 Å². The summed E-state index contributed by atoms with van der Waals surface area (Å²) in [6.45, 7) is 17.6. The molecule has 6 aromatic rings. The zero-order chi connectivity index (χ0) is 32.8. The number of aryl methyl sites for hydroxylation is 9. The maximum absolute atomic E-state index is 2.39. The van der Waals surface area contributed by atoms with Gasteiger partial charge in [-0.25, -0.2) is 20.1 Å². The standard InChI is InChI=1S/C23H26P.C21H22P.Fe/c1-17-11-18(2)14-22(13-17)24(10-9-21-7-5-6-8-21)23-15-19(3)12-20(4)16-23;1-15-9-16(2)12-20(11-15)22(19-7-5-6-8-19)21-13-17(3)10-18(4)14-21;/h5-8,11-16H,9-10H2,1-4H3;5-14H,1-4H3;/q-1;-5;. The van der Waals surface area contributed by atoms with Gasteiger partial charge in [0.1, 0.15) is 0 Å². The van der Waals surface area contributed by atoms with Gasteiger partial charge in [0.15, 0.2) is 0 Å². The third-order valence-corrected chi connectivity index (χ3v) is 13.0. The first-order valence-corrected chi connectivity index (χ1v) is 19.2. The molecule has 0 spiro atoms. The minimum absolute atomic E-state index is 0. The predicted molar refractivity (Wildman–Crippen MR) is 208 cm³/mol. The number of hydrogen-bond acceptors (Lipinski definition) is 0. The molecule has 0 aliphatic rings. The minimum atomic E-state index is -0.474. The molecule has 0 N–H and O–H groups in total. The van der Waals surface area contributed by atoms with Crippen molar-refractivity contribution in [3.63, 3.8) is 0 Å². The van der Waals surface area contributed by atoms with E-state index in [1.54, 1.807) is 0 Å². The Hall–Kier alpha value is -3.04. The fourth-order valence-corrected chi connectivity index (χ4v) is 12.0. The van der Waals surface area contributed by atoms with Gasteiger partial charge in [-0.2, -0.15) is 17.7 Å². The van der Waals surface area contributed by atoms with E-state index >= 15 is 0 Å². The van der Waals surface area contributed by atoms with Gasteiger partial charge in [0.2, 0.25) is 0 Å². The van der Waals surface area contributed by atoms with Gasteiger partial charge in [0.25, 0.3) is 0 Å². The fraction of sp³-hybridized carbons (Fsp3) is 0.227. The largest absolute Gasteiger partial charge is 0.747 e. The summed E-state index contributed by atoms with van der Waals surface area (Å²) in [6, 6.07) is 45.6. The molecule has 0 fully saturated rings. The molecule has 0 heterocycles. The summed E-state index contributed by atoms with van der Waals surface area (Å²) in [5.74, 6) is 0. The summed E-state index contributed by atoms with van der Waals surface area (Å²) >= 11 is 0. The summed E-state index contributed by atoms with van der Waals surface area (Å²) in [7, 11) is -0.794. The van der Waals surface area contributed by atoms with Gasteiger partial charge in [-0.1, -0.05) is 134 Å². The van der Waals surface area contributed by atoms with Gasteiger partial charge in [-0.05, 0) is 80.1 Å². The molecule has 0 aromatic heterocycles. The normalized spacial score (nSPS) is 10.9. The molecule has 0 saturated heterocycles. The van der Waals surface area contributed by atoms with Crippen LogP contribution in [0.2, 0.25) is 0 Å². The minimum Gasteiger partial charge on any atom is -0.747 e. The summed E-state index contributed by atoms with van der Waals surface area (Å²) in [5.41, 5.74) is 12.3. The van der Waals surface area contributed by atoms with E-state index in [1.807, 2.05) is 0 Å². The molecule has 6 aromatic carbocycles. The zero-order valence-corrected chi connectivity index (χ0v) is 32.1. The Bertz CT molecular complexity index is 1700. The molecule has 0 bridgehead atoms. The quantitative estimate of drug-likeness (QED) is 0.0846. The van der Waals surface area contributed by atoms with Gasteiger partial charge in [0.05, 0.1) is 0 Å². The maximum atomic E-state index is 2.39. The first kappa shape index (κ1) is 36.8. The molecule has 0 unspecified atom stereocenters. The van der Waals surface area contributed by atoms with E-state index in [0.717, 1.165) is 6.42 Å². The van der Waals surface area contributed by atoms with E-state index in [2.05, 4.69) is 177 Å². The second-order valence-electron chi connectivity index (χ2n) is 13.1. The van der Waals surface area contributed by atoms with Gasteiger partial charge in [-0.3, -0.25) is 0 Å². The first-order chi connectivity index (χ1) is 22.0. The van der Waals surface area contributed by atoms with Crippen molar-refractivity contribution in [1.29, 1.82) is 0 Å². The van der Waals surface area contributed by atoms with E-state index < -0.39 is 7.92 Å². The Kier molecular flexibility index (Phi) is 13.2. The molecule has 248 valence electrons. The molecule has 0 nitrogen and oxygen atoms in total. The average molecular weight is 695 g/mol. The van der Waals surface area contributed by atoms with Crippen LogP contribution in [0.25, 0.3) is 0 Å². The molecule has 47 heavy (non-hydrogen) atoms. The van der Waals surface area contributed by atoms with Crippen LogP contribution in [-0.2, 0) is 23.5 Å². The molecule has 0 atom stereocenters. The third kappa shape index (κ3) is 10.2. The van der Waals surface area contributed by atoms with Crippen molar-refractivity contribution >= 4 is 42.4 Å². The molecular formula is C44H48FeP2-6. The molecule has 0 radical (unpaired) electrons. The van der Waals surface area contributed by atoms with Gasteiger partial charge < -0.3 is 29.6 Å². The number of rotatable bonds is 8. The van der Waals surface area contributed by atoms with Gasteiger partial charge in [0, 0.05) is 17.1 Å². The molecule has 0 aliphatic carbocycles. The fourth-order valence-electron chi connectivity index (χ4n) is 6.56. The van der Waals surface area contributed by atoms with Crippen LogP contribution in [-0.4, -0.2) is 6.16 Å². The van der Waals surface area contributed by atoms with E-state index in [9.17, 15) is 0 Å². The summed E-state index contributed by atoms with van der Waals surface area (Å²) < 4.78 is 0. The van der Waals surface area contributed by atoms with Crippen molar-refractivity contribution in [2.24, 2.45) is 0 Å². The van der Waals surface area contributed by atoms with E-state index in [1.165, 1.54) is 82.8 Å². The van der Waals surface area contributed by atoms with E-state index in [0.29, 0.717) is 0 Å². The van der Waals surface area contributed by atoms with Crippen molar-refractivity contribution in [3.05, 3.63) is 171 Å². The second-order valence-corrected chi connectivity index (χ2v) is 17.6. The van der Waals surface area contributed by atoms with Crippen molar-refractivity contribution in [3.8, 4) is 0 Å². The Morgan fingerprint density at radius 3 is 1.13 bits per heavy atom. The number of benzene rings is 4. The zero-order valence-electron chi connectivity index (χ0n) is 29.2. The maximum Gasteiger partial charge on any atom is 0 e. The number of hydrogen-bond donors (Lipinski definition) is 0. The van der Waals surface area contributed by atoms with Crippen LogP contribution < -0.4 is 26.5 Å². The summed E-state index contributed by atoms with van der Waals surface area (Å²) in [4.78, 5) is 0. The SMILES string of the molecule is Cc1cc(C)cc(P(CC[c-]2cccc2)c2cc(C)cc(C)c2)c1.Cc1cc(C)cc(P(c2cc(C)cc(C)c2)[c-]2[cH-][cH-][cH-][cH-]2)c1.[Fe]. The first-order valence-electron chi connectivity index (χ1n) is 16.4. The van der Waals surface area contributed by atoms with Crippen LogP contribution in [0, 0.1) is 55.4 Å². The van der Waals surface area contributed by atoms with Crippen molar-refractivity contribution in [1.82, 2.24) is 0 Å². The van der Waals surface area contributed by atoms with Crippen molar-refractivity contribution in [2.45, 2.75) is 61.8 Å². The van der Waals surface area contributed by atoms with Crippen LogP contribution in [0.1, 0.15) is 50.1 Å².